The second-order valence-corrected chi connectivity index (χ2v) is 3.86. The van der Waals surface area contributed by atoms with Gasteiger partial charge in [0.25, 0.3) is 0 Å². The van der Waals surface area contributed by atoms with E-state index < -0.39 is 0 Å². The van der Waals surface area contributed by atoms with Crippen molar-refractivity contribution in [1.82, 2.24) is 0 Å². The standard InChI is InChI=1S/C14H24O/c1-4-7-8-9-10-11-14(15)12-13(5-2)6-3/h4,12H,1,5-11H2,2-3H3. The first-order chi connectivity index (χ1) is 7.24. The third-order valence-corrected chi connectivity index (χ3v) is 2.60. The fraction of sp³-hybridized carbons (Fsp3) is 0.643. The van der Waals surface area contributed by atoms with Gasteiger partial charge >= 0.3 is 0 Å². The van der Waals surface area contributed by atoms with Gasteiger partial charge in [0.1, 0.15) is 0 Å². The third-order valence-electron chi connectivity index (χ3n) is 2.60. The van der Waals surface area contributed by atoms with Gasteiger partial charge in [0.15, 0.2) is 5.78 Å². The van der Waals surface area contributed by atoms with E-state index in [1.807, 2.05) is 12.2 Å². The molecule has 0 atom stereocenters. The van der Waals surface area contributed by atoms with Crippen molar-refractivity contribution in [3.63, 3.8) is 0 Å². The molecule has 0 aromatic carbocycles. The van der Waals surface area contributed by atoms with E-state index in [0.29, 0.717) is 12.2 Å². The predicted octanol–water partition coefficient (Wildman–Crippen LogP) is 4.44. The zero-order valence-electron chi connectivity index (χ0n) is 10.2. The second-order valence-electron chi connectivity index (χ2n) is 3.86. The van der Waals surface area contributed by atoms with E-state index in [2.05, 4.69) is 20.4 Å². The molecule has 1 heteroatoms. The summed E-state index contributed by atoms with van der Waals surface area (Å²) < 4.78 is 0. The van der Waals surface area contributed by atoms with E-state index in [4.69, 9.17) is 0 Å². The highest BCUT2D eigenvalue weighted by Crippen LogP contribution is 2.09. The summed E-state index contributed by atoms with van der Waals surface area (Å²) in [5, 5.41) is 0. The van der Waals surface area contributed by atoms with Gasteiger partial charge in [-0.25, -0.2) is 0 Å². The summed E-state index contributed by atoms with van der Waals surface area (Å²) in [6.07, 6.45) is 10.9. The maximum absolute atomic E-state index is 11.5. The van der Waals surface area contributed by atoms with E-state index in [9.17, 15) is 4.79 Å². The Morgan fingerprint density at radius 1 is 1.13 bits per heavy atom. The summed E-state index contributed by atoms with van der Waals surface area (Å²) in [7, 11) is 0. The monoisotopic (exact) mass is 208 g/mol. The first-order valence-corrected chi connectivity index (χ1v) is 6.07. The molecular weight excluding hydrogens is 184 g/mol. The van der Waals surface area contributed by atoms with Gasteiger partial charge in [-0.3, -0.25) is 4.79 Å². The molecular formula is C14H24O. The lowest BCUT2D eigenvalue weighted by Crippen LogP contribution is -1.95. The van der Waals surface area contributed by atoms with Gasteiger partial charge in [0.05, 0.1) is 0 Å². The Kier molecular flexibility index (Phi) is 9.15. The van der Waals surface area contributed by atoms with E-state index in [-0.39, 0.29) is 0 Å². The summed E-state index contributed by atoms with van der Waals surface area (Å²) in [6.45, 7) is 7.89. The molecule has 1 nitrogen and oxygen atoms in total. The highest BCUT2D eigenvalue weighted by Gasteiger charge is 1.99. The molecule has 0 aliphatic rings. The van der Waals surface area contributed by atoms with Crippen LogP contribution in [0.15, 0.2) is 24.3 Å². The van der Waals surface area contributed by atoms with Gasteiger partial charge in [-0.15, -0.1) is 6.58 Å². The van der Waals surface area contributed by atoms with Crippen molar-refractivity contribution in [2.24, 2.45) is 0 Å². The molecule has 0 fully saturated rings. The normalized spacial score (nSPS) is 9.73. The molecule has 0 aliphatic carbocycles. The van der Waals surface area contributed by atoms with Crippen LogP contribution in [0.4, 0.5) is 0 Å². The number of rotatable bonds is 9. The van der Waals surface area contributed by atoms with Crippen LogP contribution in [0.25, 0.3) is 0 Å². The number of carbonyl (C=O) groups is 1. The minimum Gasteiger partial charge on any atom is -0.295 e. The molecule has 15 heavy (non-hydrogen) atoms. The minimum absolute atomic E-state index is 0.298. The van der Waals surface area contributed by atoms with Crippen molar-refractivity contribution in [1.29, 1.82) is 0 Å². The van der Waals surface area contributed by atoms with Crippen molar-refractivity contribution >= 4 is 5.78 Å². The van der Waals surface area contributed by atoms with Gasteiger partial charge in [-0.1, -0.05) is 31.9 Å². The number of ketones is 1. The minimum atomic E-state index is 0.298. The van der Waals surface area contributed by atoms with Crippen LogP contribution < -0.4 is 0 Å². The molecule has 0 saturated carbocycles. The first-order valence-electron chi connectivity index (χ1n) is 6.07. The lowest BCUT2D eigenvalue weighted by atomic mass is 10.1. The lowest BCUT2D eigenvalue weighted by Gasteiger charge is -2.00. The highest BCUT2D eigenvalue weighted by atomic mass is 16.1. The smallest absolute Gasteiger partial charge is 0.155 e. The number of hydrogen-bond donors (Lipinski definition) is 0. The molecule has 0 rings (SSSR count). The lowest BCUT2D eigenvalue weighted by molar-refractivity contribution is -0.114. The van der Waals surface area contributed by atoms with Gasteiger partial charge in [0.2, 0.25) is 0 Å². The van der Waals surface area contributed by atoms with E-state index in [1.54, 1.807) is 0 Å². The average Bonchev–Trinajstić information content (AvgIpc) is 2.25. The van der Waals surface area contributed by atoms with Gasteiger partial charge in [0, 0.05) is 6.42 Å². The zero-order valence-corrected chi connectivity index (χ0v) is 10.2. The van der Waals surface area contributed by atoms with Crippen LogP contribution in [-0.4, -0.2) is 5.78 Å². The number of allylic oxidation sites excluding steroid dienone is 3. The molecule has 0 bridgehead atoms. The SMILES string of the molecule is C=CCCCCCC(=O)C=C(CC)CC. The Labute approximate surface area is 94.3 Å². The molecule has 0 aromatic heterocycles. The second kappa shape index (κ2) is 9.70. The first kappa shape index (κ1) is 14.2. The molecule has 0 heterocycles. The molecule has 0 aromatic rings. The van der Waals surface area contributed by atoms with Crippen molar-refractivity contribution in [2.45, 2.75) is 58.8 Å². The van der Waals surface area contributed by atoms with Crippen LogP contribution in [0.5, 0.6) is 0 Å². The molecule has 0 amide bonds. The topological polar surface area (TPSA) is 17.1 Å². The fourth-order valence-corrected chi connectivity index (χ4v) is 1.52. The van der Waals surface area contributed by atoms with E-state index >= 15 is 0 Å². The van der Waals surface area contributed by atoms with Crippen LogP contribution >= 0.6 is 0 Å². The quantitative estimate of drug-likeness (QED) is 0.311. The number of unbranched alkanes of at least 4 members (excludes halogenated alkanes) is 3. The Morgan fingerprint density at radius 2 is 1.80 bits per heavy atom. The molecule has 0 spiro atoms. The van der Waals surface area contributed by atoms with Crippen molar-refractivity contribution in [2.75, 3.05) is 0 Å². The fourth-order valence-electron chi connectivity index (χ4n) is 1.52. The van der Waals surface area contributed by atoms with Crippen LogP contribution in [0.3, 0.4) is 0 Å². The van der Waals surface area contributed by atoms with Crippen LogP contribution in [0.1, 0.15) is 58.8 Å². The number of hydrogen-bond acceptors (Lipinski definition) is 1. The Hall–Kier alpha value is -0.850. The molecule has 0 unspecified atom stereocenters. The third kappa shape index (κ3) is 8.17. The largest absolute Gasteiger partial charge is 0.295 e. The van der Waals surface area contributed by atoms with Gasteiger partial charge in [-0.2, -0.15) is 0 Å². The zero-order chi connectivity index (χ0) is 11.5. The van der Waals surface area contributed by atoms with Crippen LogP contribution in [0, 0.1) is 0 Å². The molecule has 86 valence electrons. The maximum atomic E-state index is 11.5. The van der Waals surface area contributed by atoms with Gasteiger partial charge in [-0.05, 0) is 38.2 Å². The van der Waals surface area contributed by atoms with Crippen LogP contribution in [0.2, 0.25) is 0 Å². The Bertz CT molecular complexity index is 207. The van der Waals surface area contributed by atoms with E-state index in [0.717, 1.165) is 38.5 Å². The summed E-state index contributed by atoms with van der Waals surface area (Å²) in [4.78, 5) is 11.5. The highest BCUT2D eigenvalue weighted by molar-refractivity contribution is 5.90. The summed E-state index contributed by atoms with van der Waals surface area (Å²) in [5.41, 5.74) is 1.27. The van der Waals surface area contributed by atoms with Crippen LogP contribution in [-0.2, 0) is 4.79 Å². The Morgan fingerprint density at radius 3 is 2.33 bits per heavy atom. The van der Waals surface area contributed by atoms with Crippen molar-refractivity contribution < 1.29 is 4.79 Å². The summed E-state index contributed by atoms with van der Waals surface area (Å²) in [6, 6.07) is 0. The predicted molar refractivity (Wildman–Crippen MR) is 67.0 cm³/mol. The molecule has 0 radical (unpaired) electrons. The Balaban J connectivity index is 3.65. The average molecular weight is 208 g/mol. The molecule has 0 N–H and O–H groups in total. The number of carbonyl (C=O) groups excluding carboxylic acids is 1. The van der Waals surface area contributed by atoms with E-state index in [1.165, 1.54) is 5.57 Å². The maximum Gasteiger partial charge on any atom is 0.155 e. The molecule has 0 saturated heterocycles. The van der Waals surface area contributed by atoms with Crippen molar-refractivity contribution in [3.8, 4) is 0 Å². The van der Waals surface area contributed by atoms with Gasteiger partial charge < -0.3 is 0 Å². The molecule has 0 aliphatic heterocycles. The van der Waals surface area contributed by atoms with Crippen molar-refractivity contribution in [3.05, 3.63) is 24.3 Å². The summed E-state index contributed by atoms with van der Waals surface area (Å²) in [5.74, 6) is 0.298. The summed E-state index contributed by atoms with van der Waals surface area (Å²) >= 11 is 0.